The second-order valence-corrected chi connectivity index (χ2v) is 8.54. The molecule has 0 spiro atoms. The average molecular weight is 506 g/mol. The summed E-state index contributed by atoms with van der Waals surface area (Å²) in [6.07, 6.45) is -4.67. The van der Waals surface area contributed by atoms with Gasteiger partial charge in [0.05, 0.1) is 18.3 Å². The summed E-state index contributed by atoms with van der Waals surface area (Å²) in [4.78, 5) is 9.77. The minimum atomic E-state index is -4.67. The van der Waals surface area contributed by atoms with Crippen LogP contribution in [0.5, 0.6) is 0 Å². The SMILES string of the molecule is CCN(C)c1nc2c(cc1CN(Cc1cc(F)cc(C(F)(F)F)c1)c1nnn(C)n1)c(C)nn2CC. The molecule has 0 N–H and O–H groups in total. The van der Waals surface area contributed by atoms with E-state index in [2.05, 4.69) is 20.5 Å². The minimum Gasteiger partial charge on any atom is -0.360 e. The number of benzene rings is 1. The smallest absolute Gasteiger partial charge is 0.360 e. The highest BCUT2D eigenvalue weighted by Crippen LogP contribution is 2.32. The summed E-state index contributed by atoms with van der Waals surface area (Å²) in [5.74, 6) is -0.0748. The van der Waals surface area contributed by atoms with Crippen molar-refractivity contribution in [2.24, 2.45) is 7.05 Å². The summed E-state index contributed by atoms with van der Waals surface area (Å²) < 4.78 is 55.9. The number of tetrazole rings is 1. The Labute approximate surface area is 205 Å². The Morgan fingerprint density at radius 3 is 2.39 bits per heavy atom. The Morgan fingerprint density at radius 2 is 1.78 bits per heavy atom. The second-order valence-electron chi connectivity index (χ2n) is 8.54. The van der Waals surface area contributed by atoms with Gasteiger partial charge in [0.25, 0.3) is 5.95 Å². The van der Waals surface area contributed by atoms with Crippen LogP contribution in [-0.4, -0.2) is 48.6 Å². The third-order valence-electron chi connectivity index (χ3n) is 5.90. The second kappa shape index (κ2) is 9.70. The number of nitrogens with zero attached hydrogens (tertiary/aromatic N) is 9. The molecule has 192 valence electrons. The number of halogens is 4. The first-order valence-electron chi connectivity index (χ1n) is 11.4. The van der Waals surface area contributed by atoms with Gasteiger partial charge in [-0.1, -0.05) is 5.10 Å². The third-order valence-corrected chi connectivity index (χ3v) is 5.90. The zero-order chi connectivity index (χ0) is 26.2. The lowest BCUT2D eigenvalue weighted by molar-refractivity contribution is -0.137. The highest BCUT2D eigenvalue weighted by Gasteiger charge is 2.31. The van der Waals surface area contributed by atoms with Crippen LogP contribution in [-0.2, 0) is 32.9 Å². The first kappa shape index (κ1) is 25.3. The maximum absolute atomic E-state index is 14.1. The number of fused-ring (bicyclic) bond motifs is 1. The zero-order valence-electron chi connectivity index (χ0n) is 20.7. The highest BCUT2D eigenvalue weighted by molar-refractivity contribution is 5.81. The van der Waals surface area contributed by atoms with Crippen molar-refractivity contribution in [1.29, 1.82) is 0 Å². The van der Waals surface area contributed by atoms with Crippen LogP contribution in [0.2, 0.25) is 0 Å². The summed E-state index contributed by atoms with van der Waals surface area (Å²) in [5.41, 5.74) is 1.44. The van der Waals surface area contributed by atoms with Gasteiger partial charge in [-0.25, -0.2) is 14.1 Å². The van der Waals surface area contributed by atoms with E-state index in [1.54, 1.807) is 11.9 Å². The van der Waals surface area contributed by atoms with Crippen LogP contribution in [0.3, 0.4) is 0 Å². The molecule has 0 fully saturated rings. The lowest BCUT2D eigenvalue weighted by atomic mass is 10.1. The first-order chi connectivity index (χ1) is 17.0. The topological polar surface area (TPSA) is 80.8 Å². The van der Waals surface area contributed by atoms with Crippen molar-refractivity contribution < 1.29 is 17.6 Å². The molecule has 36 heavy (non-hydrogen) atoms. The number of aryl methyl sites for hydroxylation is 3. The predicted octanol–water partition coefficient (Wildman–Crippen LogP) is 4.10. The third kappa shape index (κ3) is 5.09. The Kier molecular flexibility index (Phi) is 6.83. The van der Waals surface area contributed by atoms with Gasteiger partial charge < -0.3 is 9.80 Å². The molecule has 3 aromatic heterocycles. The van der Waals surface area contributed by atoms with Crippen LogP contribution >= 0.6 is 0 Å². The lowest BCUT2D eigenvalue weighted by Gasteiger charge is -2.25. The number of hydrogen-bond donors (Lipinski definition) is 0. The standard InChI is InChI=1S/C23H27F4N9/c1-6-33(4)20-16(10-19-14(3)30-36(7-2)21(19)28-20)13-35(22-29-32-34(5)31-22)12-15-8-17(23(25,26)27)11-18(24)9-15/h8-11H,6-7,12-13H2,1-5H3. The molecule has 0 unspecified atom stereocenters. The van der Waals surface area contributed by atoms with Gasteiger partial charge in [-0.15, -0.1) is 5.10 Å². The Balaban J connectivity index is 1.80. The highest BCUT2D eigenvalue weighted by atomic mass is 19.4. The van der Waals surface area contributed by atoms with Gasteiger partial charge in [-0.05, 0) is 55.8 Å². The molecule has 0 aliphatic carbocycles. The van der Waals surface area contributed by atoms with Gasteiger partial charge in [0.15, 0.2) is 5.65 Å². The van der Waals surface area contributed by atoms with E-state index in [0.717, 1.165) is 34.4 Å². The molecule has 0 aliphatic heterocycles. The van der Waals surface area contributed by atoms with E-state index in [1.807, 2.05) is 43.5 Å². The molecule has 3 heterocycles. The Bertz CT molecular complexity index is 1380. The molecule has 9 nitrogen and oxygen atoms in total. The lowest BCUT2D eigenvalue weighted by Crippen LogP contribution is -2.27. The minimum absolute atomic E-state index is 0.0763. The van der Waals surface area contributed by atoms with Crippen molar-refractivity contribution in [2.75, 3.05) is 23.4 Å². The van der Waals surface area contributed by atoms with Crippen LogP contribution in [0.15, 0.2) is 24.3 Å². The molecule has 0 saturated carbocycles. The largest absolute Gasteiger partial charge is 0.416 e. The molecule has 1 aromatic carbocycles. The summed E-state index contributed by atoms with van der Waals surface area (Å²) in [5, 5.41) is 17.6. The van der Waals surface area contributed by atoms with Crippen LogP contribution in [0, 0.1) is 12.7 Å². The molecule has 0 amide bonds. The number of aromatic nitrogens is 7. The molecule has 0 bridgehead atoms. The molecular formula is C23H27F4N9. The fourth-order valence-corrected chi connectivity index (χ4v) is 4.03. The van der Waals surface area contributed by atoms with E-state index in [1.165, 1.54) is 4.80 Å². The fraction of sp³-hybridized carbons (Fsp3) is 0.435. The molecule has 0 aliphatic rings. The number of rotatable bonds is 8. The molecule has 0 radical (unpaired) electrons. The van der Waals surface area contributed by atoms with Gasteiger partial charge in [-0.3, -0.25) is 0 Å². The monoisotopic (exact) mass is 505 g/mol. The number of pyridine rings is 1. The van der Waals surface area contributed by atoms with E-state index in [0.29, 0.717) is 25.0 Å². The van der Waals surface area contributed by atoms with Crippen LogP contribution < -0.4 is 9.80 Å². The summed E-state index contributed by atoms with van der Waals surface area (Å²) in [6.45, 7) is 7.33. The number of hydrogen-bond acceptors (Lipinski definition) is 7. The van der Waals surface area contributed by atoms with E-state index in [9.17, 15) is 17.6 Å². The summed E-state index contributed by atoms with van der Waals surface area (Å²) in [6, 6.07) is 4.47. The zero-order valence-corrected chi connectivity index (χ0v) is 20.7. The average Bonchev–Trinajstić information content (AvgIpc) is 3.39. The molecule has 4 aromatic rings. The fourth-order valence-electron chi connectivity index (χ4n) is 4.03. The molecule has 0 atom stereocenters. The van der Waals surface area contributed by atoms with E-state index >= 15 is 0 Å². The quantitative estimate of drug-likeness (QED) is 0.334. The van der Waals surface area contributed by atoms with Gasteiger partial charge in [-0.2, -0.15) is 23.1 Å². The van der Waals surface area contributed by atoms with Crippen molar-refractivity contribution in [3.05, 3.63) is 52.5 Å². The first-order valence-corrected chi connectivity index (χ1v) is 11.4. The predicted molar refractivity (Wildman–Crippen MR) is 127 cm³/mol. The van der Waals surface area contributed by atoms with Crippen molar-refractivity contribution in [3.8, 4) is 0 Å². The maximum atomic E-state index is 14.1. The van der Waals surface area contributed by atoms with Crippen LogP contribution in [0.25, 0.3) is 11.0 Å². The Hall–Kier alpha value is -3.77. The van der Waals surface area contributed by atoms with Gasteiger partial charge in [0.2, 0.25) is 0 Å². The van der Waals surface area contributed by atoms with Crippen molar-refractivity contribution in [2.45, 2.75) is 46.6 Å². The summed E-state index contributed by atoms with van der Waals surface area (Å²) >= 11 is 0. The van der Waals surface area contributed by atoms with E-state index in [-0.39, 0.29) is 24.6 Å². The summed E-state index contributed by atoms with van der Waals surface area (Å²) in [7, 11) is 3.50. The normalized spacial score (nSPS) is 11.9. The van der Waals surface area contributed by atoms with Crippen molar-refractivity contribution in [3.63, 3.8) is 0 Å². The number of alkyl halides is 3. The molecule has 4 rings (SSSR count). The van der Waals surface area contributed by atoms with Gasteiger partial charge in [0, 0.05) is 44.2 Å². The van der Waals surface area contributed by atoms with Gasteiger partial charge in [0.1, 0.15) is 11.6 Å². The van der Waals surface area contributed by atoms with Crippen LogP contribution in [0.1, 0.15) is 36.2 Å². The van der Waals surface area contributed by atoms with Crippen LogP contribution in [0.4, 0.5) is 29.3 Å². The van der Waals surface area contributed by atoms with Crippen molar-refractivity contribution >= 4 is 22.8 Å². The van der Waals surface area contributed by atoms with Gasteiger partial charge >= 0.3 is 6.18 Å². The Morgan fingerprint density at radius 1 is 1.03 bits per heavy atom. The maximum Gasteiger partial charge on any atom is 0.416 e. The molecule has 13 heteroatoms. The van der Waals surface area contributed by atoms with Crippen molar-refractivity contribution in [1.82, 2.24) is 35.0 Å². The van der Waals surface area contributed by atoms with E-state index < -0.39 is 17.6 Å². The molecule has 0 saturated heterocycles. The van der Waals surface area contributed by atoms with E-state index in [4.69, 9.17) is 4.98 Å². The molecular weight excluding hydrogens is 478 g/mol. The number of anilines is 2.